The predicted octanol–water partition coefficient (Wildman–Crippen LogP) is 4.68. The van der Waals surface area contributed by atoms with Gasteiger partial charge in [0.1, 0.15) is 11.8 Å². The van der Waals surface area contributed by atoms with Gasteiger partial charge in [-0.2, -0.15) is 0 Å². The van der Waals surface area contributed by atoms with Gasteiger partial charge < -0.3 is 15.0 Å². The summed E-state index contributed by atoms with van der Waals surface area (Å²) in [5, 5.41) is 3.38. The van der Waals surface area contributed by atoms with Crippen LogP contribution in [-0.2, 0) is 16.0 Å². The molecule has 1 N–H and O–H groups in total. The summed E-state index contributed by atoms with van der Waals surface area (Å²) >= 11 is 6.11. The monoisotopic (exact) mass is 414 g/mol. The number of benzene rings is 2. The van der Waals surface area contributed by atoms with E-state index < -0.39 is 6.04 Å². The molecule has 1 aliphatic rings. The van der Waals surface area contributed by atoms with Crippen molar-refractivity contribution in [3.05, 3.63) is 58.6 Å². The average molecular weight is 415 g/mol. The van der Waals surface area contributed by atoms with E-state index in [0.717, 1.165) is 30.5 Å². The number of hydrogen-bond acceptors (Lipinski definition) is 3. The van der Waals surface area contributed by atoms with Crippen molar-refractivity contribution in [1.82, 2.24) is 5.32 Å². The fourth-order valence-electron chi connectivity index (χ4n) is 3.56. The van der Waals surface area contributed by atoms with Crippen molar-refractivity contribution in [3.63, 3.8) is 0 Å². The summed E-state index contributed by atoms with van der Waals surface area (Å²) in [5.41, 5.74) is 2.94. The summed E-state index contributed by atoms with van der Waals surface area (Å²) in [4.78, 5) is 26.4. The molecule has 2 aromatic rings. The van der Waals surface area contributed by atoms with Crippen LogP contribution in [0.15, 0.2) is 42.5 Å². The van der Waals surface area contributed by atoms with Crippen LogP contribution >= 0.6 is 11.6 Å². The summed E-state index contributed by atoms with van der Waals surface area (Å²) in [6, 6.07) is 12.8. The molecule has 0 fully saturated rings. The lowest BCUT2D eigenvalue weighted by atomic mass is 10.0. The first-order chi connectivity index (χ1) is 14.0. The van der Waals surface area contributed by atoms with Crippen molar-refractivity contribution in [2.24, 2.45) is 0 Å². The third kappa shape index (κ3) is 5.10. The van der Waals surface area contributed by atoms with Gasteiger partial charge in [0, 0.05) is 24.7 Å². The number of para-hydroxylation sites is 1. The number of amides is 2. The van der Waals surface area contributed by atoms with Crippen LogP contribution in [0.2, 0.25) is 5.02 Å². The van der Waals surface area contributed by atoms with Gasteiger partial charge in [0.15, 0.2) is 0 Å². The van der Waals surface area contributed by atoms with Crippen molar-refractivity contribution in [2.75, 3.05) is 18.1 Å². The minimum atomic E-state index is -0.617. The zero-order chi connectivity index (χ0) is 20.8. The second-order valence-electron chi connectivity index (χ2n) is 7.25. The van der Waals surface area contributed by atoms with Crippen LogP contribution in [0.25, 0.3) is 0 Å². The predicted molar refractivity (Wildman–Crippen MR) is 116 cm³/mol. The Kier molecular flexibility index (Phi) is 7.15. The Balaban J connectivity index is 1.69. The number of rotatable bonds is 9. The van der Waals surface area contributed by atoms with E-state index >= 15 is 0 Å². The van der Waals surface area contributed by atoms with Gasteiger partial charge in [-0.15, -0.1) is 0 Å². The number of anilines is 1. The Hall–Kier alpha value is -2.53. The molecule has 0 saturated carbocycles. The van der Waals surface area contributed by atoms with E-state index in [2.05, 4.69) is 24.4 Å². The molecule has 0 bridgehead atoms. The van der Waals surface area contributed by atoms with Crippen LogP contribution in [0, 0.1) is 0 Å². The van der Waals surface area contributed by atoms with E-state index in [9.17, 15) is 9.59 Å². The number of aryl methyl sites for hydroxylation is 1. The zero-order valence-corrected chi connectivity index (χ0v) is 17.7. The third-order valence-corrected chi connectivity index (χ3v) is 5.31. The Labute approximate surface area is 177 Å². The largest absolute Gasteiger partial charge is 0.492 e. The van der Waals surface area contributed by atoms with Crippen molar-refractivity contribution in [2.45, 2.75) is 45.6 Å². The van der Waals surface area contributed by atoms with Gasteiger partial charge in [0.05, 0.1) is 11.6 Å². The van der Waals surface area contributed by atoms with Gasteiger partial charge in [0.25, 0.3) is 5.91 Å². The second kappa shape index (κ2) is 9.79. The molecular weight excluding hydrogens is 388 g/mol. The lowest BCUT2D eigenvalue weighted by Gasteiger charge is -2.18. The van der Waals surface area contributed by atoms with Crippen LogP contribution < -0.4 is 15.0 Å². The molecule has 0 spiro atoms. The molecule has 1 aliphatic heterocycles. The highest BCUT2D eigenvalue weighted by molar-refractivity contribution is 6.32. The first kappa shape index (κ1) is 21.2. The standard InChI is InChI=1S/C23H27ClN2O3/c1-3-4-8-17-11-12-20-18(15-17)22(25-16(2)27)23(28)26(20)13-7-14-29-21-10-6-5-9-19(21)24/h5-6,9-12,15,22H,3-4,7-8,13-14H2,1-2H3,(H,25,27)/t22-/m1/s1. The lowest BCUT2D eigenvalue weighted by molar-refractivity contribution is -0.126. The number of nitrogens with zero attached hydrogens (tertiary/aromatic N) is 1. The van der Waals surface area contributed by atoms with Crippen LogP contribution in [0.3, 0.4) is 0 Å². The first-order valence-electron chi connectivity index (χ1n) is 10.1. The molecule has 6 heteroatoms. The molecule has 0 saturated heterocycles. The molecule has 5 nitrogen and oxygen atoms in total. The van der Waals surface area contributed by atoms with Crippen LogP contribution in [-0.4, -0.2) is 25.0 Å². The van der Waals surface area contributed by atoms with Gasteiger partial charge >= 0.3 is 0 Å². The Morgan fingerprint density at radius 2 is 2.00 bits per heavy atom. The third-order valence-electron chi connectivity index (χ3n) is 4.99. The first-order valence-corrected chi connectivity index (χ1v) is 10.5. The number of carbonyl (C=O) groups excluding carboxylic acids is 2. The molecule has 1 heterocycles. The van der Waals surface area contributed by atoms with Gasteiger partial charge in [0.2, 0.25) is 5.91 Å². The van der Waals surface area contributed by atoms with E-state index in [1.165, 1.54) is 12.5 Å². The summed E-state index contributed by atoms with van der Waals surface area (Å²) < 4.78 is 5.73. The van der Waals surface area contributed by atoms with Crippen molar-refractivity contribution in [1.29, 1.82) is 0 Å². The molecule has 29 heavy (non-hydrogen) atoms. The molecular formula is C23H27ClN2O3. The molecule has 0 unspecified atom stereocenters. The molecule has 3 rings (SSSR count). The number of unbranched alkanes of at least 4 members (excludes halogenated alkanes) is 1. The average Bonchev–Trinajstić information content (AvgIpc) is 2.95. The van der Waals surface area contributed by atoms with E-state index in [4.69, 9.17) is 16.3 Å². The molecule has 1 atom stereocenters. The van der Waals surface area contributed by atoms with Crippen molar-refractivity contribution in [3.8, 4) is 5.75 Å². The lowest BCUT2D eigenvalue weighted by Crippen LogP contribution is -2.37. The molecule has 0 aliphatic carbocycles. The van der Waals surface area contributed by atoms with Gasteiger partial charge in [-0.1, -0.05) is 49.2 Å². The quantitative estimate of drug-likeness (QED) is 0.606. The molecule has 0 radical (unpaired) electrons. The smallest absolute Gasteiger partial charge is 0.254 e. The highest BCUT2D eigenvalue weighted by Crippen LogP contribution is 2.37. The number of hydrogen-bond donors (Lipinski definition) is 1. The maximum absolute atomic E-state index is 13.0. The number of fused-ring (bicyclic) bond motifs is 1. The van der Waals surface area contributed by atoms with Crippen molar-refractivity contribution < 1.29 is 14.3 Å². The van der Waals surface area contributed by atoms with E-state index in [0.29, 0.717) is 30.3 Å². The van der Waals surface area contributed by atoms with Gasteiger partial charge in [-0.05, 0) is 43.0 Å². The Bertz CT molecular complexity index is 884. The molecule has 2 aromatic carbocycles. The normalized spacial score (nSPS) is 15.3. The maximum Gasteiger partial charge on any atom is 0.254 e. The molecule has 0 aromatic heterocycles. The number of carbonyl (C=O) groups is 2. The number of halogens is 1. The highest BCUT2D eigenvalue weighted by atomic mass is 35.5. The summed E-state index contributed by atoms with van der Waals surface area (Å²) in [6.45, 7) is 4.56. The number of nitrogens with one attached hydrogen (secondary N) is 1. The van der Waals surface area contributed by atoms with Gasteiger partial charge in [-0.3, -0.25) is 9.59 Å². The molecule has 154 valence electrons. The Morgan fingerprint density at radius 1 is 1.21 bits per heavy atom. The fraction of sp³-hybridized carbons (Fsp3) is 0.391. The Morgan fingerprint density at radius 3 is 2.72 bits per heavy atom. The highest BCUT2D eigenvalue weighted by Gasteiger charge is 2.37. The maximum atomic E-state index is 13.0. The topological polar surface area (TPSA) is 58.6 Å². The minimum Gasteiger partial charge on any atom is -0.492 e. The van der Waals surface area contributed by atoms with E-state index in [1.807, 2.05) is 24.3 Å². The van der Waals surface area contributed by atoms with E-state index in [1.54, 1.807) is 11.0 Å². The minimum absolute atomic E-state index is 0.0967. The fourth-order valence-corrected chi connectivity index (χ4v) is 3.76. The van der Waals surface area contributed by atoms with Crippen LogP contribution in [0.4, 0.5) is 5.69 Å². The second-order valence-corrected chi connectivity index (χ2v) is 7.66. The SMILES string of the molecule is CCCCc1ccc2c(c1)[C@@H](NC(C)=O)C(=O)N2CCCOc1ccccc1Cl. The van der Waals surface area contributed by atoms with Crippen LogP contribution in [0.5, 0.6) is 5.75 Å². The summed E-state index contributed by atoms with van der Waals surface area (Å²) in [7, 11) is 0. The van der Waals surface area contributed by atoms with Crippen LogP contribution in [0.1, 0.15) is 50.3 Å². The summed E-state index contributed by atoms with van der Waals surface area (Å²) in [5.74, 6) is 0.330. The number of ether oxygens (including phenoxy) is 1. The summed E-state index contributed by atoms with van der Waals surface area (Å²) in [6.07, 6.45) is 3.83. The van der Waals surface area contributed by atoms with Gasteiger partial charge in [-0.25, -0.2) is 0 Å². The zero-order valence-electron chi connectivity index (χ0n) is 16.9. The van der Waals surface area contributed by atoms with Crippen molar-refractivity contribution >= 4 is 29.1 Å². The molecule has 2 amide bonds. The van der Waals surface area contributed by atoms with E-state index in [-0.39, 0.29) is 11.8 Å².